The van der Waals surface area contributed by atoms with E-state index in [-0.39, 0.29) is 34.9 Å². The highest BCUT2D eigenvalue weighted by Crippen LogP contribution is 2.27. The number of aryl methyl sites for hydroxylation is 1. The summed E-state index contributed by atoms with van der Waals surface area (Å²) in [6.07, 6.45) is 1.13. The number of sulfonamides is 1. The Hall–Kier alpha value is -1.43. The monoisotopic (exact) mass is 344 g/mol. The summed E-state index contributed by atoms with van der Waals surface area (Å²) in [7, 11) is -7.37. The van der Waals surface area contributed by atoms with Crippen LogP contribution < -0.4 is 0 Å². The lowest BCUT2D eigenvalue weighted by Crippen LogP contribution is -2.32. The fourth-order valence-electron chi connectivity index (χ4n) is 2.21. The highest BCUT2D eigenvalue weighted by Gasteiger charge is 2.27. The van der Waals surface area contributed by atoms with Gasteiger partial charge in [-0.3, -0.25) is 0 Å². The summed E-state index contributed by atoms with van der Waals surface area (Å²) < 4.78 is 50.4. The topological polar surface area (TPSA) is 95.3 Å². The lowest BCUT2D eigenvalue weighted by Gasteiger charge is -2.21. The second-order valence-corrected chi connectivity index (χ2v) is 8.95. The molecule has 0 saturated heterocycles. The maximum Gasteiger partial charge on any atom is 0.243 e. The van der Waals surface area contributed by atoms with Gasteiger partial charge in [0, 0.05) is 25.8 Å². The SMILES string of the molecule is CCN(CCC#N)S(=O)(=O)c1cc(C)cc(S(C)(=O)=O)c1C. The highest BCUT2D eigenvalue weighted by molar-refractivity contribution is 7.91. The van der Waals surface area contributed by atoms with Gasteiger partial charge in [0.1, 0.15) is 0 Å². The van der Waals surface area contributed by atoms with Crippen LogP contribution in [0.2, 0.25) is 0 Å². The summed E-state index contributed by atoms with van der Waals surface area (Å²) in [6.45, 7) is 5.11. The highest BCUT2D eigenvalue weighted by atomic mass is 32.2. The number of sulfone groups is 1. The van der Waals surface area contributed by atoms with Gasteiger partial charge in [-0.1, -0.05) is 6.92 Å². The zero-order chi connectivity index (χ0) is 17.1. The summed E-state index contributed by atoms with van der Waals surface area (Å²) >= 11 is 0. The molecular weight excluding hydrogens is 324 g/mol. The Morgan fingerprint density at radius 1 is 1.14 bits per heavy atom. The van der Waals surface area contributed by atoms with Crippen LogP contribution in [0, 0.1) is 25.2 Å². The zero-order valence-corrected chi connectivity index (χ0v) is 14.8. The van der Waals surface area contributed by atoms with Crippen molar-refractivity contribution in [2.24, 2.45) is 0 Å². The zero-order valence-electron chi connectivity index (χ0n) is 13.1. The molecule has 1 rings (SSSR count). The van der Waals surface area contributed by atoms with Gasteiger partial charge in [-0.2, -0.15) is 9.57 Å². The Bertz CT molecular complexity index is 806. The quantitative estimate of drug-likeness (QED) is 0.781. The molecule has 0 unspecified atom stereocenters. The molecule has 0 amide bonds. The Labute approximate surface area is 132 Å². The molecule has 0 bridgehead atoms. The van der Waals surface area contributed by atoms with Crippen LogP contribution in [0.4, 0.5) is 0 Å². The number of hydrogen-bond acceptors (Lipinski definition) is 5. The molecule has 0 heterocycles. The van der Waals surface area contributed by atoms with Crippen LogP contribution >= 0.6 is 0 Å². The van der Waals surface area contributed by atoms with Gasteiger partial charge < -0.3 is 0 Å². The summed E-state index contributed by atoms with van der Waals surface area (Å²) in [5.41, 5.74) is 0.768. The largest absolute Gasteiger partial charge is 0.243 e. The van der Waals surface area contributed by atoms with Crippen LogP contribution in [-0.4, -0.2) is 40.5 Å². The van der Waals surface area contributed by atoms with Crippen molar-refractivity contribution in [3.63, 3.8) is 0 Å². The maximum atomic E-state index is 12.7. The van der Waals surface area contributed by atoms with Crippen LogP contribution in [0.25, 0.3) is 0 Å². The first-order valence-electron chi connectivity index (χ1n) is 6.74. The van der Waals surface area contributed by atoms with Crippen molar-refractivity contribution in [1.82, 2.24) is 4.31 Å². The van der Waals surface area contributed by atoms with Gasteiger partial charge in [0.05, 0.1) is 15.9 Å². The van der Waals surface area contributed by atoms with Crippen molar-refractivity contribution in [3.8, 4) is 6.07 Å². The van der Waals surface area contributed by atoms with E-state index in [1.807, 2.05) is 6.07 Å². The molecular formula is C14H20N2O4S2. The maximum absolute atomic E-state index is 12.7. The van der Waals surface area contributed by atoms with Crippen molar-refractivity contribution < 1.29 is 16.8 Å². The van der Waals surface area contributed by atoms with Crippen LogP contribution in [0.5, 0.6) is 0 Å². The number of nitriles is 1. The molecule has 1 aromatic rings. The summed E-state index contributed by atoms with van der Waals surface area (Å²) in [5.74, 6) is 0. The normalized spacial score (nSPS) is 12.4. The molecule has 6 nitrogen and oxygen atoms in total. The summed E-state index contributed by atoms with van der Waals surface area (Å²) in [4.78, 5) is -0.00451. The lowest BCUT2D eigenvalue weighted by molar-refractivity contribution is 0.434. The Kier molecular flexibility index (Phi) is 5.73. The molecule has 122 valence electrons. The van der Waals surface area contributed by atoms with E-state index in [0.29, 0.717) is 5.56 Å². The first-order chi connectivity index (χ1) is 10.1. The Morgan fingerprint density at radius 3 is 2.14 bits per heavy atom. The second kappa shape index (κ2) is 6.77. The fourth-order valence-corrected chi connectivity index (χ4v) is 5.12. The predicted molar refractivity (Wildman–Crippen MR) is 83.7 cm³/mol. The number of hydrogen-bond donors (Lipinski definition) is 0. The van der Waals surface area contributed by atoms with Crippen LogP contribution in [0.15, 0.2) is 21.9 Å². The fraction of sp³-hybridized carbons (Fsp3) is 0.500. The van der Waals surface area contributed by atoms with E-state index < -0.39 is 19.9 Å². The van der Waals surface area contributed by atoms with Crippen molar-refractivity contribution in [1.29, 1.82) is 5.26 Å². The van der Waals surface area contributed by atoms with Gasteiger partial charge in [-0.05, 0) is 37.1 Å². The van der Waals surface area contributed by atoms with Gasteiger partial charge in [0.15, 0.2) is 9.84 Å². The smallest absolute Gasteiger partial charge is 0.224 e. The molecule has 1 aromatic carbocycles. The van der Waals surface area contributed by atoms with E-state index >= 15 is 0 Å². The van der Waals surface area contributed by atoms with E-state index in [1.54, 1.807) is 13.8 Å². The third-order valence-electron chi connectivity index (χ3n) is 3.30. The average Bonchev–Trinajstić information content (AvgIpc) is 2.40. The van der Waals surface area contributed by atoms with E-state index in [1.165, 1.54) is 23.4 Å². The standard InChI is InChI=1S/C14H20N2O4S2/c1-5-16(8-6-7-15)22(19,20)14-10-11(2)9-13(12(14)3)21(4,17)18/h9-10H,5-6,8H2,1-4H3. The summed E-state index contributed by atoms with van der Waals surface area (Å²) in [5, 5.41) is 8.65. The van der Waals surface area contributed by atoms with Gasteiger partial charge in [-0.15, -0.1) is 0 Å². The van der Waals surface area contributed by atoms with Crippen molar-refractivity contribution in [2.45, 2.75) is 37.0 Å². The molecule has 0 aliphatic carbocycles. The molecule has 22 heavy (non-hydrogen) atoms. The second-order valence-electron chi connectivity index (χ2n) is 5.06. The molecule has 0 aliphatic rings. The molecule has 0 spiro atoms. The minimum Gasteiger partial charge on any atom is -0.224 e. The number of nitrogens with zero attached hydrogens (tertiary/aromatic N) is 2. The molecule has 0 saturated carbocycles. The third-order valence-corrected chi connectivity index (χ3v) is 6.62. The van der Waals surface area contributed by atoms with Gasteiger partial charge >= 0.3 is 0 Å². The van der Waals surface area contributed by atoms with Crippen LogP contribution in [0.1, 0.15) is 24.5 Å². The van der Waals surface area contributed by atoms with E-state index in [9.17, 15) is 16.8 Å². The molecule has 0 atom stereocenters. The van der Waals surface area contributed by atoms with Crippen molar-refractivity contribution in [3.05, 3.63) is 23.3 Å². The third kappa shape index (κ3) is 3.85. The minimum atomic E-state index is -3.84. The van der Waals surface area contributed by atoms with E-state index in [4.69, 9.17) is 5.26 Å². The summed E-state index contributed by atoms with van der Waals surface area (Å²) in [6, 6.07) is 4.85. The molecule has 0 fully saturated rings. The van der Waals surface area contributed by atoms with Gasteiger partial charge in [-0.25, -0.2) is 16.8 Å². The van der Waals surface area contributed by atoms with Crippen molar-refractivity contribution in [2.75, 3.05) is 19.3 Å². The predicted octanol–water partition coefficient (Wildman–Crippen LogP) is 1.63. The van der Waals surface area contributed by atoms with Gasteiger partial charge in [0.25, 0.3) is 0 Å². The average molecular weight is 344 g/mol. The molecule has 0 aliphatic heterocycles. The first kappa shape index (κ1) is 18.6. The Balaban J connectivity index is 3.56. The van der Waals surface area contributed by atoms with Crippen LogP contribution in [-0.2, 0) is 19.9 Å². The lowest BCUT2D eigenvalue weighted by atomic mass is 10.2. The molecule has 0 radical (unpaired) electrons. The molecule has 0 N–H and O–H groups in total. The Morgan fingerprint density at radius 2 is 1.68 bits per heavy atom. The molecule has 0 aromatic heterocycles. The van der Waals surface area contributed by atoms with Crippen molar-refractivity contribution >= 4 is 19.9 Å². The first-order valence-corrected chi connectivity index (χ1v) is 10.1. The van der Waals surface area contributed by atoms with Crippen LogP contribution in [0.3, 0.4) is 0 Å². The van der Waals surface area contributed by atoms with E-state index in [0.717, 1.165) is 6.26 Å². The van der Waals surface area contributed by atoms with Gasteiger partial charge in [0.2, 0.25) is 10.0 Å². The van der Waals surface area contributed by atoms with E-state index in [2.05, 4.69) is 0 Å². The minimum absolute atomic E-state index is 0.0161. The molecule has 8 heteroatoms. The number of rotatable bonds is 6. The number of benzene rings is 1.